The third kappa shape index (κ3) is 4.92. The number of carbonyl (C=O) groups excluding carboxylic acids is 1. The van der Waals surface area contributed by atoms with E-state index >= 15 is 0 Å². The molecule has 6 nitrogen and oxygen atoms in total. The lowest BCUT2D eigenvalue weighted by Gasteiger charge is -2.17. The highest BCUT2D eigenvalue weighted by Crippen LogP contribution is 2.22. The summed E-state index contributed by atoms with van der Waals surface area (Å²) < 4.78 is 4.75. The van der Waals surface area contributed by atoms with E-state index in [1.54, 1.807) is 24.5 Å². The van der Waals surface area contributed by atoms with Crippen molar-refractivity contribution >= 4 is 23.3 Å². The molecule has 0 unspecified atom stereocenters. The second kappa shape index (κ2) is 8.46. The van der Waals surface area contributed by atoms with Gasteiger partial charge >= 0.3 is 5.97 Å². The van der Waals surface area contributed by atoms with Crippen LogP contribution in [0.1, 0.15) is 48.9 Å². The zero-order valence-electron chi connectivity index (χ0n) is 14.5. The third-order valence-electron chi connectivity index (χ3n) is 4.43. The van der Waals surface area contributed by atoms with Crippen LogP contribution in [0, 0.1) is 0 Å². The number of aromatic nitrogens is 2. The molecule has 0 amide bonds. The van der Waals surface area contributed by atoms with Crippen LogP contribution in [-0.4, -0.2) is 29.1 Å². The fraction of sp³-hybridized carbons (Fsp3) is 0.421. The maximum absolute atomic E-state index is 11.6. The molecule has 0 spiro atoms. The minimum Gasteiger partial charge on any atom is -0.465 e. The molecule has 6 heteroatoms. The van der Waals surface area contributed by atoms with Gasteiger partial charge in [-0.15, -0.1) is 0 Å². The molecule has 0 bridgehead atoms. The van der Waals surface area contributed by atoms with Crippen molar-refractivity contribution in [3.8, 4) is 0 Å². The SMILES string of the molecule is COC(=O)c1cccc(Nc2cc(NC3CCCCCC3)ncn2)c1. The molecule has 1 aliphatic carbocycles. The van der Waals surface area contributed by atoms with Gasteiger partial charge in [0.25, 0.3) is 0 Å². The van der Waals surface area contributed by atoms with Crippen molar-refractivity contribution < 1.29 is 9.53 Å². The first-order valence-electron chi connectivity index (χ1n) is 8.78. The van der Waals surface area contributed by atoms with Crippen LogP contribution in [0.3, 0.4) is 0 Å². The molecule has 1 fully saturated rings. The number of esters is 1. The quantitative estimate of drug-likeness (QED) is 0.629. The third-order valence-corrected chi connectivity index (χ3v) is 4.43. The lowest BCUT2D eigenvalue weighted by molar-refractivity contribution is 0.0601. The van der Waals surface area contributed by atoms with Crippen molar-refractivity contribution in [1.29, 1.82) is 0 Å². The van der Waals surface area contributed by atoms with Crippen LogP contribution in [-0.2, 0) is 4.74 Å². The lowest BCUT2D eigenvalue weighted by Crippen LogP contribution is -2.19. The van der Waals surface area contributed by atoms with Crippen molar-refractivity contribution in [2.75, 3.05) is 17.7 Å². The van der Waals surface area contributed by atoms with Gasteiger partial charge in [-0.05, 0) is 31.0 Å². The van der Waals surface area contributed by atoms with Gasteiger partial charge in [-0.25, -0.2) is 14.8 Å². The van der Waals surface area contributed by atoms with E-state index in [0.29, 0.717) is 17.4 Å². The average Bonchev–Trinajstić information content (AvgIpc) is 2.90. The van der Waals surface area contributed by atoms with Crippen molar-refractivity contribution in [3.63, 3.8) is 0 Å². The molecule has 1 saturated carbocycles. The second-order valence-corrected chi connectivity index (χ2v) is 6.32. The zero-order valence-corrected chi connectivity index (χ0v) is 14.5. The van der Waals surface area contributed by atoms with E-state index in [1.165, 1.54) is 45.6 Å². The van der Waals surface area contributed by atoms with Crippen molar-refractivity contribution in [2.45, 2.75) is 44.6 Å². The lowest BCUT2D eigenvalue weighted by atomic mass is 10.1. The number of rotatable bonds is 5. The molecule has 1 aliphatic rings. The number of nitrogens with zero attached hydrogens (tertiary/aromatic N) is 2. The van der Waals surface area contributed by atoms with Gasteiger partial charge in [-0.2, -0.15) is 0 Å². The largest absolute Gasteiger partial charge is 0.465 e. The Hall–Kier alpha value is -2.63. The predicted octanol–water partition coefficient (Wildman–Crippen LogP) is 4.14. The van der Waals surface area contributed by atoms with Crippen molar-refractivity contribution in [2.24, 2.45) is 0 Å². The first kappa shape index (κ1) is 17.2. The maximum atomic E-state index is 11.6. The van der Waals surface area contributed by atoms with E-state index in [4.69, 9.17) is 4.74 Å². The summed E-state index contributed by atoms with van der Waals surface area (Å²) in [5, 5.41) is 6.73. The number of hydrogen-bond acceptors (Lipinski definition) is 6. The van der Waals surface area contributed by atoms with E-state index < -0.39 is 0 Å². The summed E-state index contributed by atoms with van der Waals surface area (Å²) in [6.45, 7) is 0. The standard InChI is InChI=1S/C19H24N4O2/c1-25-19(24)14-7-6-10-16(11-14)23-18-12-17(20-13-21-18)22-15-8-4-2-3-5-9-15/h6-7,10-13,15H,2-5,8-9H2,1H3,(H2,20,21,22,23). The first-order valence-corrected chi connectivity index (χ1v) is 8.78. The van der Waals surface area contributed by atoms with Gasteiger partial charge in [0.2, 0.25) is 0 Å². The Kier molecular flexibility index (Phi) is 5.82. The Morgan fingerprint density at radius 2 is 1.84 bits per heavy atom. The second-order valence-electron chi connectivity index (χ2n) is 6.32. The van der Waals surface area contributed by atoms with Crippen LogP contribution >= 0.6 is 0 Å². The average molecular weight is 340 g/mol. The number of benzene rings is 1. The predicted molar refractivity (Wildman–Crippen MR) is 98.2 cm³/mol. The van der Waals surface area contributed by atoms with Crippen LogP contribution in [0.2, 0.25) is 0 Å². The van der Waals surface area contributed by atoms with Crippen LogP contribution in [0.5, 0.6) is 0 Å². The van der Waals surface area contributed by atoms with Crippen LogP contribution in [0.25, 0.3) is 0 Å². The van der Waals surface area contributed by atoms with Crippen molar-refractivity contribution in [1.82, 2.24) is 9.97 Å². The number of anilines is 3. The minimum atomic E-state index is -0.359. The zero-order chi connectivity index (χ0) is 17.5. The molecular formula is C19H24N4O2. The maximum Gasteiger partial charge on any atom is 0.337 e. The molecule has 1 aromatic carbocycles. The van der Waals surface area contributed by atoms with Crippen LogP contribution in [0.4, 0.5) is 17.3 Å². The van der Waals surface area contributed by atoms with Crippen LogP contribution in [0.15, 0.2) is 36.7 Å². The highest BCUT2D eigenvalue weighted by molar-refractivity contribution is 5.90. The smallest absolute Gasteiger partial charge is 0.337 e. The molecule has 0 saturated heterocycles. The Balaban J connectivity index is 1.68. The van der Waals surface area contributed by atoms with E-state index in [9.17, 15) is 4.79 Å². The van der Waals surface area contributed by atoms with Crippen molar-refractivity contribution in [3.05, 3.63) is 42.2 Å². The van der Waals surface area contributed by atoms with E-state index in [0.717, 1.165) is 11.5 Å². The van der Waals surface area contributed by atoms with E-state index in [1.807, 2.05) is 12.1 Å². The summed E-state index contributed by atoms with van der Waals surface area (Å²) >= 11 is 0. The molecule has 132 valence electrons. The highest BCUT2D eigenvalue weighted by Gasteiger charge is 2.13. The summed E-state index contributed by atoms with van der Waals surface area (Å²) in [7, 11) is 1.37. The topological polar surface area (TPSA) is 76.1 Å². The van der Waals surface area contributed by atoms with E-state index in [2.05, 4.69) is 20.6 Å². The molecular weight excluding hydrogens is 316 g/mol. The Bertz CT molecular complexity index is 712. The van der Waals surface area contributed by atoms with Crippen LogP contribution < -0.4 is 10.6 Å². The molecule has 25 heavy (non-hydrogen) atoms. The fourth-order valence-electron chi connectivity index (χ4n) is 3.13. The summed E-state index contributed by atoms with van der Waals surface area (Å²) in [6.07, 6.45) is 9.12. The summed E-state index contributed by atoms with van der Waals surface area (Å²) in [4.78, 5) is 20.2. The Labute approximate surface area is 148 Å². The summed E-state index contributed by atoms with van der Waals surface area (Å²) in [5.74, 6) is 1.16. The van der Waals surface area contributed by atoms with E-state index in [-0.39, 0.29) is 5.97 Å². The summed E-state index contributed by atoms with van der Waals surface area (Å²) in [5.41, 5.74) is 1.28. The number of hydrogen-bond donors (Lipinski definition) is 2. The monoisotopic (exact) mass is 340 g/mol. The number of carbonyl (C=O) groups is 1. The molecule has 3 rings (SSSR count). The molecule has 2 aromatic rings. The number of nitrogens with one attached hydrogen (secondary N) is 2. The molecule has 2 N–H and O–H groups in total. The number of methoxy groups -OCH3 is 1. The Morgan fingerprint density at radius 3 is 2.60 bits per heavy atom. The minimum absolute atomic E-state index is 0.359. The van der Waals surface area contributed by atoms with Gasteiger partial charge in [-0.3, -0.25) is 0 Å². The van der Waals surface area contributed by atoms with Gasteiger partial charge in [0, 0.05) is 17.8 Å². The first-order chi connectivity index (χ1) is 12.2. The number of ether oxygens (including phenoxy) is 1. The van der Waals surface area contributed by atoms with Gasteiger partial charge in [-0.1, -0.05) is 31.7 Å². The van der Waals surface area contributed by atoms with Gasteiger partial charge in [0.15, 0.2) is 0 Å². The Morgan fingerprint density at radius 1 is 1.08 bits per heavy atom. The highest BCUT2D eigenvalue weighted by atomic mass is 16.5. The summed E-state index contributed by atoms with van der Waals surface area (Å²) in [6, 6.07) is 9.53. The normalized spacial score (nSPS) is 15.2. The molecule has 1 heterocycles. The fourth-order valence-corrected chi connectivity index (χ4v) is 3.13. The van der Waals surface area contributed by atoms with Gasteiger partial charge < -0.3 is 15.4 Å². The molecule has 1 aromatic heterocycles. The van der Waals surface area contributed by atoms with Gasteiger partial charge in [0.05, 0.1) is 12.7 Å². The molecule has 0 atom stereocenters. The van der Waals surface area contributed by atoms with Gasteiger partial charge in [0.1, 0.15) is 18.0 Å². The molecule has 0 radical (unpaired) electrons. The molecule has 0 aliphatic heterocycles.